The number of benzene rings is 4. The number of nitrogens with zero attached hydrogens (tertiary/aromatic N) is 1. The quantitative estimate of drug-likeness (QED) is 0.195. The molecule has 5 rings (SSSR count). The van der Waals surface area contributed by atoms with E-state index in [1.165, 1.54) is 24.3 Å². The molecule has 2 amide bonds. The second-order valence-corrected chi connectivity index (χ2v) is 11.3. The zero-order valence-electron chi connectivity index (χ0n) is 23.7. The summed E-state index contributed by atoms with van der Waals surface area (Å²) >= 11 is 0. The number of anilines is 2. The molecule has 0 unspecified atom stereocenters. The Balaban J connectivity index is 1.44. The number of hydrogen-bond acceptors (Lipinski definition) is 2. The largest absolute Gasteiger partial charge is 0.416 e. The van der Waals surface area contributed by atoms with Crippen molar-refractivity contribution in [1.29, 1.82) is 0 Å². The molecule has 9 heteroatoms. The lowest BCUT2D eigenvalue weighted by Gasteiger charge is -2.19. The first-order chi connectivity index (χ1) is 20.3. The van der Waals surface area contributed by atoms with Crippen molar-refractivity contribution in [3.8, 4) is 0 Å². The number of carbonyl (C=O) groups is 2. The van der Waals surface area contributed by atoms with E-state index >= 15 is 0 Å². The monoisotopic (exact) mass is 587 g/mol. The lowest BCUT2D eigenvalue weighted by atomic mass is 9.87. The minimum Gasteiger partial charge on any atom is -0.332 e. The first-order valence-electron chi connectivity index (χ1n) is 13.6. The van der Waals surface area contributed by atoms with E-state index in [9.17, 15) is 27.2 Å². The molecule has 5 aromatic rings. The molecule has 0 saturated heterocycles. The molecule has 0 radical (unpaired) electrons. The molecule has 0 fully saturated rings. The number of halogens is 4. The van der Waals surface area contributed by atoms with Crippen LogP contribution in [0.1, 0.15) is 58.3 Å². The molecule has 0 bridgehead atoms. The van der Waals surface area contributed by atoms with Crippen molar-refractivity contribution < 1.29 is 27.2 Å². The highest BCUT2D eigenvalue weighted by atomic mass is 19.4. The van der Waals surface area contributed by atoms with Crippen LogP contribution in [-0.4, -0.2) is 16.4 Å². The predicted molar refractivity (Wildman–Crippen MR) is 160 cm³/mol. The van der Waals surface area contributed by atoms with Gasteiger partial charge in [-0.1, -0.05) is 45.0 Å². The molecule has 4 aromatic carbocycles. The first kappa shape index (κ1) is 29.6. The molecule has 220 valence electrons. The minimum atomic E-state index is -4.49. The number of aromatic nitrogens is 1. The van der Waals surface area contributed by atoms with Gasteiger partial charge in [-0.2, -0.15) is 13.2 Å². The Morgan fingerprint density at radius 3 is 1.88 bits per heavy atom. The summed E-state index contributed by atoms with van der Waals surface area (Å²) in [7, 11) is 0. The van der Waals surface area contributed by atoms with Crippen LogP contribution in [-0.2, 0) is 18.1 Å². The number of alkyl halides is 3. The van der Waals surface area contributed by atoms with Crippen LogP contribution in [0.15, 0.2) is 97.1 Å². The topological polar surface area (TPSA) is 63.1 Å². The number of carbonyl (C=O) groups excluding carboxylic acids is 2. The van der Waals surface area contributed by atoms with E-state index in [0.29, 0.717) is 22.2 Å². The Labute approximate surface area is 246 Å². The average molecular weight is 588 g/mol. The van der Waals surface area contributed by atoms with Crippen LogP contribution >= 0.6 is 0 Å². The van der Waals surface area contributed by atoms with E-state index in [0.717, 1.165) is 23.3 Å². The lowest BCUT2D eigenvalue weighted by Crippen LogP contribution is -2.17. The summed E-state index contributed by atoms with van der Waals surface area (Å²) in [6.07, 6.45) is -4.49. The maximum absolute atomic E-state index is 13.5. The van der Waals surface area contributed by atoms with E-state index < -0.39 is 23.5 Å². The van der Waals surface area contributed by atoms with E-state index in [1.54, 1.807) is 53.1 Å². The van der Waals surface area contributed by atoms with Crippen molar-refractivity contribution >= 4 is 34.1 Å². The van der Waals surface area contributed by atoms with Crippen molar-refractivity contribution in [2.45, 2.75) is 38.9 Å². The summed E-state index contributed by atoms with van der Waals surface area (Å²) in [6.45, 7) is 6.51. The van der Waals surface area contributed by atoms with Crippen LogP contribution in [0, 0.1) is 5.82 Å². The highest BCUT2D eigenvalue weighted by Crippen LogP contribution is 2.31. The number of rotatable bonds is 6. The zero-order chi connectivity index (χ0) is 30.9. The molecule has 43 heavy (non-hydrogen) atoms. The summed E-state index contributed by atoms with van der Waals surface area (Å²) < 4.78 is 54.2. The standard InChI is InChI=1S/C34H29F4N3O2/c1-33(2,3)24-8-6-22(7-9-24)31(42)40-28-16-17-29-23(18-28)19-30(41(29)20-21-4-12-26(35)13-5-21)32(43)39-27-14-10-25(11-15-27)34(36,37)38/h4-19H,20H2,1-3H3,(H,39,43)(H,40,42). The second kappa shape index (κ2) is 11.4. The zero-order valence-corrected chi connectivity index (χ0v) is 23.7. The molecule has 5 nitrogen and oxygen atoms in total. The van der Waals surface area contributed by atoms with Crippen LogP contribution in [0.2, 0.25) is 0 Å². The van der Waals surface area contributed by atoms with Gasteiger partial charge in [0.05, 0.1) is 5.56 Å². The van der Waals surface area contributed by atoms with Crippen molar-refractivity contribution in [2.75, 3.05) is 10.6 Å². The average Bonchev–Trinajstić information content (AvgIpc) is 3.31. The second-order valence-electron chi connectivity index (χ2n) is 11.3. The Morgan fingerprint density at radius 1 is 0.698 bits per heavy atom. The SMILES string of the molecule is CC(C)(C)c1ccc(C(=O)Nc2ccc3c(c2)cc(C(=O)Nc2ccc(C(F)(F)F)cc2)n3Cc2ccc(F)cc2)cc1. The third-order valence-electron chi connectivity index (χ3n) is 7.13. The molecule has 0 aliphatic rings. The molecule has 0 atom stereocenters. The summed E-state index contributed by atoms with van der Waals surface area (Å²) in [6, 6.07) is 24.3. The fraction of sp³-hybridized carbons (Fsp3) is 0.176. The van der Waals surface area contributed by atoms with Gasteiger partial charge in [0, 0.05) is 34.4 Å². The smallest absolute Gasteiger partial charge is 0.332 e. The van der Waals surface area contributed by atoms with Crippen LogP contribution in [0.5, 0.6) is 0 Å². The third kappa shape index (κ3) is 6.77. The van der Waals surface area contributed by atoms with Crippen LogP contribution in [0.4, 0.5) is 28.9 Å². The maximum Gasteiger partial charge on any atom is 0.416 e. The molecule has 1 heterocycles. The summed E-state index contributed by atoms with van der Waals surface area (Å²) in [5.74, 6) is -1.22. The van der Waals surface area contributed by atoms with Gasteiger partial charge in [0.1, 0.15) is 11.5 Å². The van der Waals surface area contributed by atoms with Gasteiger partial charge in [-0.25, -0.2) is 4.39 Å². The molecule has 0 saturated carbocycles. The predicted octanol–water partition coefficient (Wildman–Crippen LogP) is 8.65. The van der Waals surface area contributed by atoms with Gasteiger partial charge in [0.25, 0.3) is 11.8 Å². The molecular weight excluding hydrogens is 558 g/mol. The van der Waals surface area contributed by atoms with Crippen molar-refractivity contribution in [3.63, 3.8) is 0 Å². The number of amides is 2. The van der Waals surface area contributed by atoms with Gasteiger partial charge in [0.2, 0.25) is 0 Å². The third-order valence-corrected chi connectivity index (χ3v) is 7.13. The Kier molecular flexibility index (Phi) is 7.84. The van der Waals surface area contributed by atoms with Gasteiger partial charge < -0.3 is 15.2 Å². The van der Waals surface area contributed by atoms with E-state index in [2.05, 4.69) is 31.4 Å². The van der Waals surface area contributed by atoms with Crippen molar-refractivity contribution in [2.24, 2.45) is 0 Å². The maximum atomic E-state index is 13.5. The fourth-order valence-electron chi connectivity index (χ4n) is 4.74. The Morgan fingerprint density at radius 2 is 1.28 bits per heavy atom. The first-order valence-corrected chi connectivity index (χ1v) is 13.6. The van der Waals surface area contributed by atoms with Crippen LogP contribution in [0.3, 0.4) is 0 Å². The number of hydrogen-bond donors (Lipinski definition) is 2. The van der Waals surface area contributed by atoms with Crippen molar-refractivity contribution in [3.05, 3.63) is 131 Å². The number of nitrogens with one attached hydrogen (secondary N) is 2. The van der Waals surface area contributed by atoms with Gasteiger partial charge in [-0.15, -0.1) is 0 Å². The van der Waals surface area contributed by atoms with Crippen molar-refractivity contribution in [1.82, 2.24) is 4.57 Å². The Bertz CT molecular complexity index is 1780. The summed E-state index contributed by atoms with van der Waals surface area (Å²) in [5, 5.41) is 6.21. The van der Waals surface area contributed by atoms with E-state index in [1.807, 2.05) is 12.1 Å². The molecular formula is C34H29F4N3O2. The summed E-state index contributed by atoms with van der Waals surface area (Å²) in [4.78, 5) is 26.4. The summed E-state index contributed by atoms with van der Waals surface area (Å²) in [5.41, 5.74) is 3.10. The van der Waals surface area contributed by atoms with Gasteiger partial charge in [-0.3, -0.25) is 9.59 Å². The van der Waals surface area contributed by atoms with Crippen LogP contribution < -0.4 is 10.6 Å². The highest BCUT2D eigenvalue weighted by molar-refractivity contribution is 6.08. The van der Waals surface area contributed by atoms with Gasteiger partial charge >= 0.3 is 6.18 Å². The van der Waals surface area contributed by atoms with E-state index in [-0.39, 0.29) is 29.2 Å². The number of fused-ring (bicyclic) bond motifs is 1. The highest BCUT2D eigenvalue weighted by Gasteiger charge is 2.30. The molecule has 2 N–H and O–H groups in total. The lowest BCUT2D eigenvalue weighted by molar-refractivity contribution is -0.137. The molecule has 1 aromatic heterocycles. The van der Waals surface area contributed by atoms with Gasteiger partial charge in [0.15, 0.2) is 0 Å². The normalized spacial score (nSPS) is 11.9. The molecule has 0 spiro atoms. The molecule has 0 aliphatic carbocycles. The van der Waals surface area contributed by atoms with Gasteiger partial charge in [-0.05, 0) is 89.3 Å². The minimum absolute atomic E-state index is 0.0440. The van der Waals surface area contributed by atoms with Crippen LogP contribution in [0.25, 0.3) is 10.9 Å². The molecule has 0 aliphatic heterocycles. The fourth-order valence-corrected chi connectivity index (χ4v) is 4.74. The van der Waals surface area contributed by atoms with E-state index in [4.69, 9.17) is 0 Å². The Hall–Kier alpha value is -4.92.